The quantitative estimate of drug-likeness (QED) is 0.342. The van der Waals surface area contributed by atoms with E-state index in [9.17, 15) is 22.8 Å². The third kappa shape index (κ3) is 5.98. The van der Waals surface area contributed by atoms with Crippen LogP contribution in [0.4, 0.5) is 10.5 Å². The average molecular weight is 508 g/mol. The van der Waals surface area contributed by atoms with Crippen molar-refractivity contribution >= 4 is 44.8 Å². The van der Waals surface area contributed by atoms with E-state index in [0.717, 1.165) is 17.3 Å². The molecule has 13 heteroatoms. The minimum Gasteiger partial charge on any atom is -0.494 e. The van der Waals surface area contributed by atoms with Crippen molar-refractivity contribution in [2.75, 3.05) is 24.6 Å². The number of hydrogen-bond donors (Lipinski definition) is 3. The molecule has 3 N–H and O–H groups in total. The van der Waals surface area contributed by atoms with E-state index < -0.39 is 15.6 Å². The summed E-state index contributed by atoms with van der Waals surface area (Å²) in [5.74, 6) is 0.365. The molecule has 180 valence electrons. The van der Waals surface area contributed by atoms with Gasteiger partial charge in [0.1, 0.15) is 11.5 Å². The molecule has 1 atom stereocenters. The Labute approximate surface area is 199 Å². The number of ether oxygens (including phenoxy) is 2. The predicted molar refractivity (Wildman–Crippen MR) is 123 cm³/mol. The molecule has 2 aromatic rings. The molecule has 0 saturated carbocycles. The Morgan fingerprint density at radius 2 is 1.94 bits per heavy atom. The lowest BCUT2D eigenvalue weighted by molar-refractivity contribution is -0.118. The summed E-state index contributed by atoms with van der Waals surface area (Å²) >= 11 is 0.987. The summed E-state index contributed by atoms with van der Waals surface area (Å²) in [6.45, 7) is 0.755. The third-order valence-electron chi connectivity index (χ3n) is 5.07. The highest BCUT2D eigenvalue weighted by Gasteiger charge is 2.31. The van der Waals surface area contributed by atoms with Crippen molar-refractivity contribution in [3.63, 3.8) is 0 Å². The second kappa shape index (κ2) is 9.91. The summed E-state index contributed by atoms with van der Waals surface area (Å²) < 4.78 is 44.1. The number of imide groups is 1. The van der Waals surface area contributed by atoms with Crippen molar-refractivity contribution in [3.05, 3.63) is 53.6 Å². The van der Waals surface area contributed by atoms with E-state index >= 15 is 0 Å². The zero-order valence-corrected chi connectivity index (χ0v) is 19.4. The largest absolute Gasteiger partial charge is 0.494 e. The topological polar surface area (TPSA) is 151 Å². The van der Waals surface area contributed by atoms with Gasteiger partial charge in [-0.3, -0.25) is 29.0 Å². The molecule has 2 aliphatic heterocycles. The monoisotopic (exact) mass is 507 g/mol. The van der Waals surface area contributed by atoms with Crippen molar-refractivity contribution in [1.82, 2.24) is 10.2 Å². The van der Waals surface area contributed by atoms with Crippen LogP contribution >= 0.6 is 11.8 Å². The summed E-state index contributed by atoms with van der Waals surface area (Å²) in [4.78, 5) is 37.1. The van der Waals surface area contributed by atoms with Crippen molar-refractivity contribution in [3.8, 4) is 11.5 Å². The fourth-order valence-electron chi connectivity index (χ4n) is 3.49. The molecular weight excluding hydrogens is 486 g/mol. The number of nitrogens with one attached hydrogen (secondary N) is 2. The van der Waals surface area contributed by atoms with Gasteiger partial charge >= 0.3 is 10.3 Å². The fraction of sp³-hybridized carbons (Fsp3) is 0.286. The lowest BCUT2D eigenvalue weighted by Crippen LogP contribution is -2.39. The lowest BCUT2D eigenvalue weighted by atomic mass is 10.1. The Kier molecular flexibility index (Phi) is 6.95. The molecule has 2 heterocycles. The van der Waals surface area contributed by atoms with Gasteiger partial charge in [0.05, 0.1) is 23.1 Å². The molecule has 11 nitrogen and oxygen atoms in total. The van der Waals surface area contributed by atoms with E-state index in [0.29, 0.717) is 37.5 Å². The van der Waals surface area contributed by atoms with Gasteiger partial charge in [-0.2, -0.15) is 8.42 Å². The Hall–Kier alpha value is -3.29. The van der Waals surface area contributed by atoms with Gasteiger partial charge in [0, 0.05) is 6.54 Å². The maximum Gasteiger partial charge on any atom is 0.357 e. The molecule has 0 spiro atoms. The summed E-state index contributed by atoms with van der Waals surface area (Å²) in [6.07, 6.45) is 0.971. The van der Waals surface area contributed by atoms with Crippen LogP contribution in [0.3, 0.4) is 0 Å². The van der Waals surface area contributed by atoms with E-state index in [1.165, 1.54) is 23.1 Å². The molecule has 1 saturated heterocycles. The van der Waals surface area contributed by atoms with Crippen molar-refractivity contribution in [1.29, 1.82) is 0 Å². The van der Waals surface area contributed by atoms with Gasteiger partial charge in [0.25, 0.3) is 11.1 Å². The molecule has 0 bridgehead atoms. The zero-order valence-electron chi connectivity index (χ0n) is 17.7. The zero-order chi connectivity index (χ0) is 24.3. The van der Waals surface area contributed by atoms with Crippen LogP contribution in [0.15, 0.2) is 42.5 Å². The summed E-state index contributed by atoms with van der Waals surface area (Å²) in [5, 5.41) is 1.52. The Bertz CT molecular complexity index is 1220. The number of nitrogens with zero attached hydrogens (tertiary/aromatic N) is 1. The molecule has 0 radical (unpaired) electrons. The van der Waals surface area contributed by atoms with E-state index in [2.05, 4.69) is 5.32 Å². The lowest BCUT2D eigenvalue weighted by Gasteiger charge is -2.29. The first-order valence-electron chi connectivity index (χ1n) is 10.2. The van der Waals surface area contributed by atoms with Crippen LogP contribution in [0.1, 0.15) is 22.3 Å². The molecule has 1 unspecified atom stereocenters. The van der Waals surface area contributed by atoms with Gasteiger partial charge in [0.2, 0.25) is 5.91 Å². The molecular formula is C21H21N3O8S2. The highest BCUT2D eigenvalue weighted by molar-refractivity contribution is 8.15. The van der Waals surface area contributed by atoms with Crippen LogP contribution in [-0.2, 0) is 21.5 Å². The van der Waals surface area contributed by atoms with Gasteiger partial charge in [-0.1, -0.05) is 23.9 Å². The van der Waals surface area contributed by atoms with Gasteiger partial charge < -0.3 is 14.4 Å². The Morgan fingerprint density at radius 3 is 2.62 bits per heavy atom. The number of anilines is 1. The smallest absolute Gasteiger partial charge is 0.357 e. The van der Waals surface area contributed by atoms with Gasteiger partial charge in [-0.15, -0.1) is 0 Å². The molecule has 0 aliphatic carbocycles. The minimum atomic E-state index is -4.46. The van der Waals surface area contributed by atoms with Crippen molar-refractivity contribution < 1.29 is 36.8 Å². The number of rotatable bonds is 9. The first-order valence-corrected chi connectivity index (χ1v) is 12.5. The van der Waals surface area contributed by atoms with Crippen LogP contribution in [-0.4, -0.2) is 60.1 Å². The molecule has 2 aromatic carbocycles. The molecule has 3 amide bonds. The van der Waals surface area contributed by atoms with E-state index in [1.807, 2.05) is 16.9 Å². The maximum atomic E-state index is 12.7. The third-order valence-corrected chi connectivity index (χ3v) is 6.55. The number of carbonyl (C=O) groups is 3. The minimum absolute atomic E-state index is 0.0468. The normalized spacial score (nSPS) is 17.7. The van der Waals surface area contributed by atoms with Crippen LogP contribution in [0.5, 0.6) is 11.5 Å². The SMILES string of the molecule is O=C1NC(=O)C(Cc2ccc(OCCCN3COc4ccc(NS(=O)(=O)O)cc4C3=O)cc2)S1. The summed E-state index contributed by atoms with van der Waals surface area (Å²) in [7, 11) is -4.46. The Morgan fingerprint density at radius 1 is 1.18 bits per heavy atom. The number of thioether (sulfide) groups is 1. The first-order chi connectivity index (χ1) is 16.2. The van der Waals surface area contributed by atoms with Gasteiger partial charge in [-0.25, -0.2) is 0 Å². The number of carbonyl (C=O) groups excluding carboxylic acids is 3. The van der Waals surface area contributed by atoms with Crippen molar-refractivity contribution in [2.45, 2.75) is 18.1 Å². The van der Waals surface area contributed by atoms with Gasteiger partial charge in [-0.05, 0) is 48.7 Å². The second-order valence-electron chi connectivity index (χ2n) is 7.56. The van der Waals surface area contributed by atoms with Crippen LogP contribution in [0, 0.1) is 0 Å². The van der Waals surface area contributed by atoms with E-state index in [1.54, 1.807) is 12.1 Å². The molecule has 4 rings (SSSR count). The molecule has 34 heavy (non-hydrogen) atoms. The summed E-state index contributed by atoms with van der Waals surface area (Å²) in [5.41, 5.74) is 1.14. The first kappa shape index (κ1) is 23.9. The number of hydrogen-bond acceptors (Lipinski definition) is 8. The van der Waals surface area contributed by atoms with Crippen molar-refractivity contribution in [2.24, 2.45) is 0 Å². The van der Waals surface area contributed by atoms with Crippen LogP contribution in [0.2, 0.25) is 0 Å². The average Bonchev–Trinajstić information content (AvgIpc) is 3.09. The number of fused-ring (bicyclic) bond motifs is 1. The van der Waals surface area contributed by atoms with E-state index in [-0.39, 0.29) is 35.0 Å². The molecule has 2 aliphatic rings. The fourth-order valence-corrected chi connectivity index (χ4v) is 4.77. The second-order valence-corrected chi connectivity index (χ2v) is 9.89. The Balaban J connectivity index is 1.25. The van der Waals surface area contributed by atoms with Gasteiger partial charge in [0.15, 0.2) is 6.73 Å². The molecule has 0 aromatic heterocycles. The highest BCUT2D eigenvalue weighted by atomic mass is 32.2. The van der Waals surface area contributed by atoms with E-state index in [4.69, 9.17) is 14.0 Å². The molecule has 1 fully saturated rings. The number of amides is 3. The van der Waals surface area contributed by atoms with Crippen LogP contribution < -0.4 is 19.5 Å². The standard InChI is InChI=1S/C21H21N3O8S2/c25-19-18(33-21(27)22-19)10-13-2-5-15(6-3-13)31-9-1-8-24-12-32-17-7-4-14(23-34(28,29)30)11-16(17)20(24)26/h2-7,11,18,23H,1,8-10,12H2,(H,22,25,27)(H,28,29,30). The maximum absolute atomic E-state index is 12.7. The number of benzene rings is 2. The van der Waals surface area contributed by atoms with Crippen LogP contribution in [0.25, 0.3) is 0 Å². The highest BCUT2D eigenvalue weighted by Crippen LogP contribution is 2.28. The summed E-state index contributed by atoms with van der Waals surface area (Å²) in [6, 6.07) is 11.4. The predicted octanol–water partition coefficient (Wildman–Crippen LogP) is 2.06.